The minimum atomic E-state index is -3.87. The summed E-state index contributed by atoms with van der Waals surface area (Å²) in [5, 5.41) is 12.3. The molecule has 0 spiro atoms. The number of benzene rings is 3. The molecule has 0 saturated carbocycles. The molecule has 202 valence electrons. The van der Waals surface area contributed by atoms with Gasteiger partial charge in [0.15, 0.2) is 5.78 Å². The minimum absolute atomic E-state index is 0.0550. The van der Waals surface area contributed by atoms with Crippen LogP contribution in [0.25, 0.3) is 11.1 Å². The van der Waals surface area contributed by atoms with Crippen LogP contribution in [-0.2, 0) is 27.0 Å². The van der Waals surface area contributed by atoms with Gasteiger partial charge in [-0.25, -0.2) is 4.79 Å². The number of hydrogen-bond donors (Lipinski definition) is 4. The van der Waals surface area contributed by atoms with Gasteiger partial charge >= 0.3 is 5.97 Å². The first-order valence-corrected chi connectivity index (χ1v) is 14.8. The van der Waals surface area contributed by atoms with Gasteiger partial charge in [-0.05, 0) is 41.0 Å². The van der Waals surface area contributed by atoms with Crippen LogP contribution in [0.15, 0.2) is 84.9 Å². The summed E-state index contributed by atoms with van der Waals surface area (Å²) in [6.07, 6.45) is 0.494. The van der Waals surface area contributed by atoms with Crippen LogP contribution in [0.4, 0.5) is 0 Å². The maximum atomic E-state index is 13.5. The molecule has 7 nitrogen and oxygen atoms in total. The predicted molar refractivity (Wildman–Crippen MR) is 150 cm³/mol. The van der Waals surface area contributed by atoms with Gasteiger partial charge in [0.1, 0.15) is 6.04 Å². The molecule has 4 atom stereocenters. The van der Waals surface area contributed by atoms with Crippen molar-refractivity contribution in [1.29, 1.82) is 0 Å². The van der Waals surface area contributed by atoms with Crippen molar-refractivity contribution in [2.45, 2.75) is 44.9 Å². The first kappa shape index (κ1) is 29.3. The van der Waals surface area contributed by atoms with Crippen molar-refractivity contribution in [3.63, 3.8) is 0 Å². The lowest BCUT2D eigenvalue weighted by molar-refractivity contribution is -0.391. The van der Waals surface area contributed by atoms with E-state index in [9.17, 15) is 24.2 Å². The monoisotopic (exact) mass is 537 g/mol. The molecule has 0 bridgehead atoms. The zero-order chi connectivity index (χ0) is 27.7. The molecule has 0 radical (unpaired) electrons. The summed E-state index contributed by atoms with van der Waals surface area (Å²) in [5.41, 5.74) is 7.76. The topological polar surface area (TPSA) is 131 Å². The fourth-order valence-corrected chi connectivity index (χ4v) is 6.19. The standard InChI is InChI=1S/C30H37N2O5P/c1-21(2)17-27(30(34)35)32-29(33)26(20-38(36,37)28(31)19-22-9-5-3-6-10-22)18-23-13-15-25(16-14-23)24-11-7-4-8-12-24/h3-16,21,26-28H,17-20,31H2,1-2H3,(H,32,33)(H,34,35)(H,36,37)/p+1/t26-,27+,28?/m1/s1. The molecule has 1 amide bonds. The molecule has 3 aromatic rings. The summed E-state index contributed by atoms with van der Waals surface area (Å²) < 4.78 is 13.5. The van der Waals surface area contributed by atoms with Crippen molar-refractivity contribution >= 4 is 19.2 Å². The van der Waals surface area contributed by atoms with Gasteiger partial charge in [-0.3, -0.25) is 9.36 Å². The average Bonchev–Trinajstić information content (AvgIpc) is 2.89. The summed E-state index contributed by atoms with van der Waals surface area (Å²) in [7, 11) is -3.87. The van der Waals surface area contributed by atoms with Gasteiger partial charge in [0.05, 0.1) is 5.92 Å². The normalized spacial score (nSPS) is 15.3. The summed E-state index contributed by atoms with van der Waals surface area (Å²) in [6, 6.07) is 25.9. The van der Waals surface area contributed by atoms with E-state index < -0.39 is 37.0 Å². The SMILES string of the molecule is CC(C)C[C@H](NC(=O)[C@H](Cc1ccc(-c2ccccc2)cc1)CP(=O)(O)C([NH3+])Cc1ccccc1)C(=O)O. The Morgan fingerprint density at radius 3 is 1.92 bits per heavy atom. The van der Waals surface area contributed by atoms with E-state index >= 15 is 0 Å². The van der Waals surface area contributed by atoms with Crippen LogP contribution in [0.5, 0.6) is 0 Å². The lowest BCUT2D eigenvalue weighted by atomic mass is 9.96. The second-order valence-corrected chi connectivity index (χ2v) is 12.9. The predicted octanol–water partition coefficient (Wildman–Crippen LogP) is 4.21. The van der Waals surface area contributed by atoms with Crippen molar-refractivity contribution < 1.29 is 29.9 Å². The zero-order valence-corrected chi connectivity index (χ0v) is 22.9. The number of amides is 1. The maximum Gasteiger partial charge on any atom is 0.326 e. The van der Waals surface area contributed by atoms with E-state index in [4.69, 9.17) is 0 Å². The highest BCUT2D eigenvalue weighted by atomic mass is 31.2. The molecule has 0 saturated heterocycles. The molecule has 3 rings (SSSR count). The van der Waals surface area contributed by atoms with Crippen LogP contribution < -0.4 is 11.1 Å². The number of rotatable bonds is 13. The van der Waals surface area contributed by atoms with Crippen LogP contribution in [-0.4, -0.2) is 39.9 Å². The van der Waals surface area contributed by atoms with Crippen molar-refractivity contribution in [2.75, 3.05) is 6.16 Å². The summed E-state index contributed by atoms with van der Waals surface area (Å²) in [6.45, 7) is 3.76. The Labute approximate surface area is 224 Å². The second-order valence-electron chi connectivity index (χ2n) is 10.3. The lowest BCUT2D eigenvalue weighted by Crippen LogP contribution is -2.62. The molecule has 2 unspecified atom stereocenters. The van der Waals surface area contributed by atoms with Crippen molar-refractivity contribution in [3.05, 3.63) is 96.1 Å². The Balaban J connectivity index is 1.82. The number of quaternary nitrogens is 1. The fourth-order valence-electron chi connectivity index (χ4n) is 4.46. The molecule has 0 heterocycles. The summed E-state index contributed by atoms with van der Waals surface area (Å²) >= 11 is 0. The lowest BCUT2D eigenvalue weighted by Gasteiger charge is -2.25. The third kappa shape index (κ3) is 8.66. The molecular weight excluding hydrogens is 499 g/mol. The van der Waals surface area contributed by atoms with E-state index in [0.717, 1.165) is 22.3 Å². The summed E-state index contributed by atoms with van der Waals surface area (Å²) in [5.74, 6) is -3.29. The first-order chi connectivity index (χ1) is 18.0. The molecule has 3 aromatic carbocycles. The van der Waals surface area contributed by atoms with Crippen LogP contribution in [0.3, 0.4) is 0 Å². The van der Waals surface area contributed by atoms with Crippen LogP contribution >= 0.6 is 7.37 Å². The number of hydrogen-bond acceptors (Lipinski definition) is 3. The van der Waals surface area contributed by atoms with E-state index in [1.165, 1.54) is 0 Å². The highest BCUT2D eigenvalue weighted by Gasteiger charge is 2.37. The number of aliphatic carboxylic acids is 1. The van der Waals surface area contributed by atoms with Crippen molar-refractivity contribution in [3.8, 4) is 11.1 Å². The van der Waals surface area contributed by atoms with Crippen molar-refractivity contribution in [1.82, 2.24) is 5.32 Å². The van der Waals surface area contributed by atoms with Crippen LogP contribution in [0.1, 0.15) is 31.4 Å². The van der Waals surface area contributed by atoms with Gasteiger partial charge < -0.3 is 21.1 Å². The number of carboxylic acid groups (broad SMARTS) is 1. The number of carbonyl (C=O) groups excluding carboxylic acids is 1. The quantitative estimate of drug-likeness (QED) is 0.243. The fraction of sp³-hybridized carbons (Fsp3) is 0.333. The second kappa shape index (κ2) is 13.5. The van der Waals surface area contributed by atoms with Gasteiger partial charge in [-0.1, -0.05) is 98.8 Å². The average molecular weight is 538 g/mol. The third-order valence-corrected chi connectivity index (χ3v) is 8.89. The molecule has 0 fully saturated rings. The molecule has 0 aliphatic carbocycles. The van der Waals surface area contributed by atoms with Crippen LogP contribution in [0.2, 0.25) is 0 Å². The van der Waals surface area contributed by atoms with E-state index in [0.29, 0.717) is 6.42 Å². The third-order valence-electron chi connectivity index (χ3n) is 6.60. The Hall–Kier alpha value is -3.25. The van der Waals surface area contributed by atoms with Gasteiger partial charge in [0.2, 0.25) is 5.91 Å². The number of carboxylic acids is 1. The molecule has 0 aliphatic heterocycles. The van der Waals surface area contributed by atoms with Gasteiger partial charge in [0, 0.05) is 12.6 Å². The Bertz CT molecular complexity index is 1230. The van der Waals surface area contributed by atoms with E-state index in [-0.39, 0.29) is 24.9 Å². The van der Waals surface area contributed by atoms with Gasteiger partial charge in [-0.15, -0.1) is 0 Å². The molecule has 38 heavy (non-hydrogen) atoms. The molecule has 6 N–H and O–H groups in total. The highest BCUT2D eigenvalue weighted by molar-refractivity contribution is 7.58. The highest BCUT2D eigenvalue weighted by Crippen LogP contribution is 2.46. The smallest absolute Gasteiger partial charge is 0.326 e. The van der Waals surface area contributed by atoms with Crippen LogP contribution in [0, 0.1) is 11.8 Å². The molecule has 0 aromatic heterocycles. The Kier molecular flexibility index (Phi) is 10.4. The van der Waals surface area contributed by atoms with E-state index in [1.54, 1.807) is 0 Å². The van der Waals surface area contributed by atoms with Crippen molar-refractivity contribution in [2.24, 2.45) is 11.8 Å². The Morgan fingerprint density at radius 1 is 0.842 bits per heavy atom. The largest absolute Gasteiger partial charge is 0.480 e. The number of carbonyl (C=O) groups is 2. The molecule has 8 heteroatoms. The first-order valence-electron chi connectivity index (χ1n) is 12.9. The Morgan fingerprint density at radius 2 is 1.37 bits per heavy atom. The number of nitrogens with one attached hydrogen (secondary N) is 1. The summed E-state index contributed by atoms with van der Waals surface area (Å²) in [4.78, 5) is 36.2. The van der Waals surface area contributed by atoms with E-state index in [2.05, 4.69) is 11.1 Å². The van der Waals surface area contributed by atoms with E-state index in [1.807, 2.05) is 98.8 Å². The zero-order valence-electron chi connectivity index (χ0n) is 22.0. The molecular formula is C30H38N2O5P+. The maximum absolute atomic E-state index is 13.5. The minimum Gasteiger partial charge on any atom is -0.480 e. The van der Waals surface area contributed by atoms with Gasteiger partial charge in [0.25, 0.3) is 7.37 Å². The molecule has 0 aliphatic rings. The van der Waals surface area contributed by atoms with Gasteiger partial charge in [-0.2, -0.15) is 0 Å².